The van der Waals surface area contributed by atoms with Crippen molar-refractivity contribution in [3.8, 4) is 0 Å². The molecule has 2 nitrogen and oxygen atoms in total. The molecule has 76 valence electrons. The van der Waals surface area contributed by atoms with Crippen LogP contribution in [0.3, 0.4) is 0 Å². The number of amidine groups is 1. The lowest BCUT2D eigenvalue weighted by molar-refractivity contribution is 1.54. The summed E-state index contributed by atoms with van der Waals surface area (Å²) in [6.07, 6.45) is 1.92. The van der Waals surface area contributed by atoms with Crippen molar-refractivity contribution in [3.05, 3.63) is 42.5 Å². The molecule has 2 N–H and O–H groups in total. The van der Waals surface area contributed by atoms with E-state index >= 15 is 0 Å². The SMILES string of the molecule is CSC(N)=Nc1cccc2ccccc12. The molecule has 0 radical (unpaired) electrons. The molecule has 0 heterocycles. The van der Waals surface area contributed by atoms with Crippen LogP contribution in [0.1, 0.15) is 0 Å². The van der Waals surface area contributed by atoms with Crippen molar-refractivity contribution in [2.75, 3.05) is 6.26 Å². The van der Waals surface area contributed by atoms with Crippen LogP contribution in [-0.4, -0.2) is 11.4 Å². The third-order valence-corrected chi connectivity index (χ3v) is 2.72. The van der Waals surface area contributed by atoms with Crippen molar-refractivity contribution in [3.63, 3.8) is 0 Å². The molecule has 0 aliphatic heterocycles. The lowest BCUT2D eigenvalue weighted by Gasteiger charge is -2.02. The molecule has 2 rings (SSSR count). The van der Waals surface area contributed by atoms with Gasteiger partial charge in [-0.05, 0) is 17.7 Å². The largest absolute Gasteiger partial charge is 0.378 e. The van der Waals surface area contributed by atoms with Gasteiger partial charge in [0.25, 0.3) is 0 Å². The molecule has 0 saturated carbocycles. The highest BCUT2D eigenvalue weighted by molar-refractivity contribution is 8.13. The van der Waals surface area contributed by atoms with Gasteiger partial charge in [0.2, 0.25) is 0 Å². The number of rotatable bonds is 1. The van der Waals surface area contributed by atoms with E-state index in [0.29, 0.717) is 5.17 Å². The number of fused-ring (bicyclic) bond motifs is 1. The molecule has 15 heavy (non-hydrogen) atoms. The van der Waals surface area contributed by atoms with E-state index in [1.165, 1.54) is 17.1 Å². The van der Waals surface area contributed by atoms with E-state index in [-0.39, 0.29) is 0 Å². The Kier molecular flexibility index (Phi) is 2.92. The van der Waals surface area contributed by atoms with Gasteiger partial charge in [-0.3, -0.25) is 0 Å². The average Bonchev–Trinajstić information content (AvgIpc) is 2.29. The quantitative estimate of drug-likeness (QED) is 0.587. The fourth-order valence-electron chi connectivity index (χ4n) is 1.47. The first-order valence-corrected chi connectivity index (χ1v) is 5.89. The molecule has 0 bridgehead atoms. The van der Waals surface area contributed by atoms with Gasteiger partial charge in [0.15, 0.2) is 5.17 Å². The number of hydrogen-bond acceptors (Lipinski definition) is 2. The predicted octanol–water partition coefficient (Wildman–Crippen LogP) is 3.15. The topological polar surface area (TPSA) is 38.4 Å². The van der Waals surface area contributed by atoms with Gasteiger partial charge in [0, 0.05) is 5.39 Å². The average molecular weight is 216 g/mol. The van der Waals surface area contributed by atoms with Gasteiger partial charge in [-0.25, -0.2) is 4.99 Å². The second-order valence-electron chi connectivity index (χ2n) is 3.15. The molecule has 2 aromatic carbocycles. The summed E-state index contributed by atoms with van der Waals surface area (Å²) < 4.78 is 0. The third kappa shape index (κ3) is 2.13. The second kappa shape index (κ2) is 4.36. The zero-order valence-corrected chi connectivity index (χ0v) is 9.29. The summed E-state index contributed by atoms with van der Waals surface area (Å²) in [4.78, 5) is 4.36. The van der Waals surface area contributed by atoms with Crippen molar-refractivity contribution >= 4 is 33.4 Å². The number of aliphatic imine (C=N–C) groups is 1. The van der Waals surface area contributed by atoms with Crippen LogP contribution in [-0.2, 0) is 0 Å². The zero-order valence-electron chi connectivity index (χ0n) is 8.47. The van der Waals surface area contributed by atoms with E-state index in [9.17, 15) is 0 Å². The second-order valence-corrected chi connectivity index (χ2v) is 3.98. The Morgan fingerprint density at radius 1 is 1.13 bits per heavy atom. The molecule has 0 amide bonds. The normalized spacial score (nSPS) is 11.9. The third-order valence-electron chi connectivity index (χ3n) is 2.21. The molecule has 3 heteroatoms. The molecule has 0 aliphatic rings. The lowest BCUT2D eigenvalue weighted by Crippen LogP contribution is -2.04. The highest BCUT2D eigenvalue weighted by Gasteiger charge is 1.98. The summed E-state index contributed by atoms with van der Waals surface area (Å²) in [5.74, 6) is 0. The maximum atomic E-state index is 5.71. The summed E-state index contributed by atoms with van der Waals surface area (Å²) in [7, 11) is 0. The Labute approximate surface area is 93.2 Å². The van der Waals surface area contributed by atoms with Gasteiger partial charge in [-0.1, -0.05) is 48.2 Å². The summed E-state index contributed by atoms with van der Waals surface area (Å²) in [6, 6.07) is 14.2. The molecule has 0 spiro atoms. The Balaban J connectivity index is 2.61. The number of nitrogens with two attached hydrogens (primary N) is 1. The minimum absolute atomic E-state index is 0.589. The van der Waals surface area contributed by atoms with Crippen LogP contribution in [0.5, 0.6) is 0 Å². The first kappa shape index (κ1) is 10.1. The lowest BCUT2D eigenvalue weighted by atomic mass is 10.1. The smallest absolute Gasteiger partial charge is 0.158 e. The van der Waals surface area contributed by atoms with Gasteiger partial charge in [0.05, 0.1) is 5.69 Å². The van der Waals surface area contributed by atoms with Crippen molar-refractivity contribution in [1.82, 2.24) is 0 Å². The van der Waals surface area contributed by atoms with Crippen LogP contribution >= 0.6 is 11.8 Å². The van der Waals surface area contributed by atoms with Crippen LogP contribution in [0.2, 0.25) is 0 Å². The first-order valence-electron chi connectivity index (χ1n) is 4.67. The Morgan fingerprint density at radius 3 is 2.67 bits per heavy atom. The van der Waals surface area contributed by atoms with Crippen molar-refractivity contribution < 1.29 is 0 Å². The Bertz CT molecular complexity index is 500. The van der Waals surface area contributed by atoms with E-state index in [1.807, 2.05) is 30.5 Å². The van der Waals surface area contributed by atoms with Crippen LogP contribution < -0.4 is 5.73 Å². The standard InChI is InChI=1S/C12H12N2S/c1-15-12(13)14-11-8-4-6-9-5-2-3-7-10(9)11/h2-8H,1H3,(H2,13,14). The maximum absolute atomic E-state index is 5.71. The van der Waals surface area contributed by atoms with E-state index in [0.717, 1.165) is 11.1 Å². The number of hydrogen-bond donors (Lipinski definition) is 1. The molecular formula is C12H12N2S. The highest BCUT2D eigenvalue weighted by Crippen LogP contribution is 2.25. The summed E-state index contributed by atoms with van der Waals surface area (Å²) in [5.41, 5.74) is 6.64. The van der Waals surface area contributed by atoms with Crippen molar-refractivity contribution in [2.45, 2.75) is 0 Å². The van der Waals surface area contributed by atoms with Crippen LogP contribution in [0.25, 0.3) is 10.8 Å². The predicted molar refractivity (Wildman–Crippen MR) is 68.7 cm³/mol. The van der Waals surface area contributed by atoms with E-state index in [4.69, 9.17) is 5.73 Å². The van der Waals surface area contributed by atoms with Gasteiger partial charge in [-0.15, -0.1) is 0 Å². The molecule has 0 aliphatic carbocycles. The highest BCUT2D eigenvalue weighted by atomic mass is 32.2. The zero-order chi connectivity index (χ0) is 10.7. The van der Waals surface area contributed by atoms with Crippen LogP contribution in [0.4, 0.5) is 5.69 Å². The van der Waals surface area contributed by atoms with Crippen LogP contribution in [0.15, 0.2) is 47.5 Å². The molecule has 0 unspecified atom stereocenters. The monoisotopic (exact) mass is 216 g/mol. The molecule has 0 saturated heterocycles. The van der Waals surface area contributed by atoms with Gasteiger partial charge >= 0.3 is 0 Å². The van der Waals surface area contributed by atoms with E-state index in [2.05, 4.69) is 23.2 Å². The van der Waals surface area contributed by atoms with E-state index in [1.54, 1.807) is 0 Å². The fourth-order valence-corrected chi connectivity index (χ4v) is 1.66. The molecular weight excluding hydrogens is 204 g/mol. The van der Waals surface area contributed by atoms with Gasteiger partial charge < -0.3 is 5.73 Å². The Morgan fingerprint density at radius 2 is 1.87 bits per heavy atom. The Hall–Kier alpha value is -1.48. The maximum Gasteiger partial charge on any atom is 0.158 e. The fraction of sp³-hybridized carbons (Fsp3) is 0.0833. The van der Waals surface area contributed by atoms with Crippen molar-refractivity contribution in [2.24, 2.45) is 10.7 Å². The molecule has 2 aromatic rings. The van der Waals surface area contributed by atoms with Crippen molar-refractivity contribution in [1.29, 1.82) is 0 Å². The van der Waals surface area contributed by atoms with E-state index < -0.39 is 0 Å². The molecule has 0 aromatic heterocycles. The first-order chi connectivity index (χ1) is 7.31. The number of nitrogens with zero attached hydrogens (tertiary/aromatic N) is 1. The minimum atomic E-state index is 0.589. The number of thioether (sulfide) groups is 1. The summed E-state index contributed by atoms with van der Waals surface area (Å²) >= 11 is 1.46. The summed E-state index contributed by atoms with van der Waals surface area (Å²) in [5, 5.41) is 2.91. The summed E-state index contributed by atoms with van der Waals surface area (Å²) in [6.45, 7) is 0. The van der Waals surface area contributed by atoms with Crippen LogP contribution in [0, 0.1) is 0 Å². The van der Waals surface area contributed by atoms with Gasteiger partial charge in [-0.2, -0.15) is 0 Å². The van der Waals surface area contributed by atoms with Gasteiger partial charge in [0.1, 0.15) is 0 Å². The number of benzene rings is 2. The minimum Gasteiger partial charge on any atom is -0.378 e. The molecule has 0 atom stereocenters. The molecule has 0 fully saturated rings.